The summed E-state index contributed by atoms with van der Waals surface area (Å²) in [6.07, 6.45) is 2.21. The third kappa shape index (κ3) is 5.36. The summed E-state index contributed by atoms with van der Waals surface area (Å²) >= 11 is 5.23. The fraction of sp³-hybridized carbons (Fsp3) is 0.333. The molecule has 0 aliphatic carbocycles. The van der Waals surface area contributed by atoms with Crippen molar-refractivity contribution in [1.82, 2.24) is 14.8 Å². The molecule has 0 unspecified atom stereocenters. The number of rotatable bonds is 9. The molecule has 0 bridgehead atoms. The number of ether oxygens (including phenoxy) is 1. The Morgan fingerprint density at radius 3 is 2.59 bits per heavy atom. The Hall–Kier alpha value is -1.79. The van der Waals surface area contributed by atoms with Gasteiger partial charge in [-0.05, 0) is 55.3 Å². The molecule has 0 saturated carbocycles. The lowest BCUT2D eigenvalue weighted by Gasteiger charge is -2.09. The van der Waals surface area contributed by atoms with E-state index in [1.54, 1.807) is 11.8 Å². The highest BCUT2D eigenvalue weighted by molar-refractivity contribution is 9.10. The zero-order valence-corrected chi connectivity index (χ0v) is 18.1. The summed E-state index contributed by atoms with van der Waals surface area (Å²) in [6.45, 7) is 5.88. The first-order valence-electron chi connectivity index (χ1n) is 9.25. The molecule has 0 saturated heterocycles. The zero-order chi connectivity index (χ0) is 19.1. The van der Waals surface area contributed by atoms with E-state index < -0.39 is 0 Å². The van der Waals surface area contributed by atoms with Crippen molar-refractivity contribution in [3.8, 4) is 17.1 Å². The number of nitrogens with zero attached hydrogens (tertiary/aromatic N) is 3. The second-order valence-corrected chi connectivity index (χ2v) is 8.05. The van der Waals surface area contributed by atoms with E-state index >= 15 is 0 Å². The lowest BCUT2D eigenvalue weighted by atomic mass is 10.2. The van der Waals surface area contributed by atoms with Gasteiger partial charge in [0.15, 0.2) is 11.0 Å². The lowest BCUT2D eigenvalue weighted by Crippen LogP contribution is -2.00. The van der Waals surface area contributed by atoms with Crippen LogP contribution < -0.4 is 4.74 Å². The van der Waals surface area contributed by atoms with Crippen molar-refractivity contribution in [2.45, 2.75) is 44.1 Å². The summed E-state index contributed by atoms with van der Waals surface area (Å²) in [5, 5.41) is 9.79. The van der Waals surface area contributed by atoms with Crippen LogP contribution in [0.4, 0.5) is 0 Å². The van der Waals surface area contributed by atoms with E-state index in [-0.39, 0.29) is 0 Å². The van der Waals surface area contributed by atoms with Gasteiger partial charge >= 0.3 is 0 Å². The number of benzene rings is 2. The molecule has 3 aromatic rings. The van der Waals surface area contributed by atoms with Gasteiger partial charge in [-0.3, -0.25) is 0 Å². The Labute approximate surface area is 173 Å². The van der Waals surface area contributed by atoms with Gasteiger partial charge in [-0.15, -0.1) is 10.2 Å². The third-order valence-corrected chi connectivity index (χ3v) is 5.70. The first-order chi connectivity index (χ1) is 13.2. The van der Waals surface area contributed by atoms with Crippen LogP contribution in [0.15, 0.2) is 58.2 Å². The van der Waals surface area contributed by atoms with Gasteiger partial charge in [-0.2, -0.15) is 0 Å². The van der Waals surface area contributed by atoms with Crippen molar-refractivity contribution in [2.24, 2.45) is 0 Å². The molecule has 4 nitrogen and oxygen atoms in total. The summed E-state index contributed by atoms with van der Waals surface area (Å²) in [5.74, 6) is 2.66. The number of hydrogen-bond acceptors (Lipinski definition) is 4. The van der Waals surface area contributed by atoms with Gasteiger partial charge in [0.1, 0.15) is 5.75 Å². The summed E-state index contributed by atoms with van der Waals surface area (Å²) < 4.78 is 9.00. The van der Waals surface area contributed by atoms with E-state index in [0.29, 0.717) is 0 Å². The summed E-state index contributed by atoms with van der Waals surface area (Å²) in [7, 11) is 0. The van der Waals surface area contributed by atoms with Crippen LogP contribution in [0.5, 0.6) is 5.75 Å². The molecule has 1 aromatic heterocycles. The number of aromatic nitrogens is 3. The van der Waals surface area contributed by atoms with Crippen LogP contribution in [0, 0.1) is 0 Å². The van der Waals surface area contributed by atoms with Crippen molar-refractivity contribution in [3.05, 3.63) is 58.6 Å². The Kier molecular flexibility index (Phi) is 7.35. The molecule has 0 spiro atoms. The highest BCUT2D eigenvalue weighted by atomic mass is 79.9. The number of halogens is 1. The van der Waals surface area contributed by atoms with Gasteiger partial charge in [0, 0.05) is 22.3 Å². The highest BCUT2D eigenvalue weighted by Crippen LogP contribution is 2.28. The SMILES string of the molecule is CCCCOc1ccc(-c2nnc(SCc3cccc(Br)c3)n2CC)cc1. The molecular weight excluding hydrogens is 422 g/mol. The van der Waals surface area contributed by atoms with Crippen molar-refractivity contribution in [3.63, 3.8) is 0 Å². The van der Waals surface area contributed by atoms with Crippen LogP contribution in [-0.2, 0) is 12.3 Å². The van der Waals surface area contributed by atoms with E-state index in [1.165, 1.54) is 5.56 Å². The summed E-state index contributed by atoms with van der Waals surface area (Å²) in [6, 6.07) is 16.5. The molecule has 3 rings (SSSR count). The Morgan fingerprint density at radius 2 is 1.89 bits per heavy atom. The molecule has 1 heterocycles. The van der Waals surface area contributed by atoms with Gasteiger partial charge in [0.25, 0.3) is 0 Å². The minimum Gasteiger partial charge on any atom is -0.494 e. The topological polar surface area (TPSA) is 39.9 Å². The number of unbranched alkanes of at least 4 members (excludes halogenated alkanes) is 1. The quantitative estimate of drug-likeness (QED) is 0.290. The minimum atomic E-state index is 0.761. The first kappa shape index (κ1) is 20.0. The maximum Gasteiger partial charge on any atom is 0.191 e. The van der Waals surface area contributed by atoms with E-state index in [1.807, 2.05) is 18.2 Å². The normalized spacial score (nSPS) is 10.9. The standard InChI is InChI=1S/C21H24BrN3OS/c1-3-5-13-26-19-11-9-17(10-12-19)20-23-24-21(25(20)4-2)27-15-16-7-6-8-18(22)14-16/h6-12,14H,3-5,13,15H2,1-2H3. The molecule has 2 aromatic carbocycles. The van der Waals surface area contributed by atoms with E-state index in [0.717, 1.165) is 58.5 Å². The zero-order valence-electron chi connectivity index (χ0n) is 15.7. The van der Waals surface area contributed by atoms with Gasteiger partial charge in [0.2, 0.25) is 0 Å². The average Bonchev–Trinajstić information content (AvgIpc) is 3.10. The van der Waals surface area contributed by atoms with Gasteiger partial charge < -0.3 is 9.30 Å². The third-order valence-electron chi connectivity index (χ3n) is 4.17. The second kappa shape index (κ2) is 9.95. The molecule has 27 heavy (non-hydrogen) atoms. The largest absolute Gasteiger partial charge is 0.494 e. The summed E-state index contributed by atoms with van der Waals surface area (Å²) in [4.78, 5) is 0. The first-order valence-corrected chi connectivity index (χ1v) is 11.0. The van der Waals surface area contributed by atoms with Crippen LogP contribution in [0.1, 0.15) is 32.3 Å². The predicted octanol–water partition coefficient (Wildman–Crippen LogP) is 6.20. The Bertz CT molecular complexity index is 864. The van der Waals surface area contributed by atoms with Crippen LogP contribution in [0.25, 0.3) is 11.4 Å². The van der Waals surface area contributed by atoms with Crippen LogP contribution in [0.3, 0.4) is 0 Å². The molecule has 0 atom stereocenters. The summed E-state index contributed by atoms with van der Waals surface area (Å²) in [5.41, 5.74) is 2.32. The van der Waals surface area contributed by atoms with E-state index in [4.69, 9.17) is 4.74 Å². The number of thioether (sulfide) groups is 1. The van der Waals surface area contributed by atoms with Crippen molar-refractivity contribution >= 4 is 27.7 Å². The fourth-order valence-corrected chi connectivity index (χ4v) is 4.10. The maximum atomic E-state index is 5.75. The van der Waals surface area contributed by atoms with Crippen molar-refractivity contribution < 1.29 is 4.74 Å². The molecule has 0 radical (unpaired) electrons. The fourth-order valence-electron chi connectivity index (χ4n) is 2.70. The van der Waals surface area contributed by atoms with Crippen molar-refractivity contribution in [2.75, 3.05) is 6.61 Å². The van der Waals surface area contributed by atoms with Crippen molar-refractivity contribution in [1.29, 1.82) is 0 Å². The minimum absolute atomic E-state index is 0.761. The molecule has 0 fully saturated rings. The highest BCUT2D eigenvalue weighted by Gasteiger charge is 2.13. The molecule has 6 heteroatoms. The van der Waals surface area contributed by atoms with Gasteiger partial charge in [-0.1, -0.05) is 53.2 Å². The smallest absolute Gasteiger partial charge is 0.191 e. The van der Waals surface area contributed by atoms with Crippen LogP contribution >= 0.6 is 27.7 Å². The Morgan fingerprint density at radius 1 is 1.07 bits per heavy atom. The van der Waals surface area contributed by atoms with Crippen LogP contribution in [-0.4, -0.2) is 21.4 Å². The molecule has 142 valence electrons. The van der Waals surface area contributed by atoms with Crippen LogP contribution in [0.2, 0.25) is 0 Å². The van der Waals surface area contributed by atoms with Gasteiger partial charge in [0.05, 0.1) is 6.61 Å². The van der Waals surface area contributed by atoms with E-state index in [2.05, 4.69) is 74.9 Å². The van der Waals surface area contributed by atoms with Gasteiger partial charge in [-0.25, -0.2) is 0 Å². The number of hydrogen-bond donors (Lipinski definition) is 0. The maximum absolute atomic E-state index is 5.75. The molecule has 0 aliphatic rings. The lowest BCUT2D eigenvalue weighted by molar-refractivity contribution is 0.309. The van der Waals surface area contributed by atoms with E-state index in [9.17, 15) is 0 Å². The molecule has 0 aliphatic heterocycles. The molecule has 0 N–H and O–H groups in total. The second-order valence-electron chi connectivity index (χ2n) is 6.20. The monoisotopic (exact) mass is 445 g/mol. The molecule has 0 amide bonds. The average molecular weight is 446 g/mol. The molecular formula is C21H24BrN3OS. The predicted molar refractivity (Wildman–Crippen MR) is 115 cm³/mol. The Balaban J connectivity index is 1.71.